The van der Waals surface area contributed by atoms with Gasteiger partial charge in [0.25, 0.3) is 0 Å². The summed E-state index contributed by atoms with van der Waals surface area (Å²) < 4.78 is 0. The molecule has 1 unspecified atom stereocenters. The molecule has 1 atom stereocenters. The SMILES string of the molecule is CC(NC1CCCCCC1)c1ccc(CN)cc1. The number of nitrogens with two attached hydrogens (primary N) is 1. The molecule has 2 rings (SSSR count). The fraction of sp³-hybridized carbons (Fsp3) is 0.625. The van der Waals surface area contributed by atoms with Gasteiger partial charge in [0.2, 0.25) is 0 Å². The molecule has 0 amide bonds. The normalized spacial score (nSPS) is 19.4. The molecule has 0 aromatic heterocycles. The number of hydrogen-bond donors (Lipinski definition) is 2. The molecule has 0 saturated heterocycles. The van der Waals surface area contributed by atoms with E-state index in [0.29, 0.717) is 18.6 Å². The maximum Gasteiger partial charge on any atom is 0.0294 e. The second-order valence-corrected chi connectivity index (χ2v) is 5.52. The van der Waals surface area contributed by atoms with Gasteiger partial charge in [-0.25, -0.2) is 0 Å². The lowest BCUT2D eigenvalue weighted by Gasteiger charge is -2.22. The molecule has 0 radical (unpaired) electrons. The van der Waals surface area contributed by atoms with Crippen molar-refractivity contribution in [2.24, 2.45) is 5.73 Å². The average Bonchev–Trinajstić information content (AvgIpc) is 2.67. The predicted octanol–water partition coefficient (Wildman–Crippen LogP) is 3.52. The Morgan fingerprint density at radius 3 is 2.28 bits per heavy atom. The van der Waals surface area contributed by atoms with Gasteiger partial charge in [-0.2, -0.15) is 0 Å². The fourth-order valence-corrected chi connectivity index (χ4v) is 2.84. The minimum absolute atomic E-state index is 0.444. The zero-order valence-electron chi connectivity index (χ0n) is 11.5. The van der Waals surface area contributed by atoms with Crippen LogP contribution < -0.4 is 11.1 Å². The molecule has 1 aromatic rings. The second-order valence-electron chi connectivity index (χ2n) is 5.52. The minimum Gasteiger partial charge on any atom is -0.326 e. The molecule has 0 bridgehead atoms. The Kier molecular flexibility index (Phi) is 5.21. The molecule has 1 aromatic carbocycles. The van der Waals surface area contributed by atoms with Crippen LogP contribution in [0.2, 0.25) is 0 Å². The summed E-state index contributed by atoms with van der Waals surface area (Å²) >= 11 is 0. The first kappa shape index (κ1) is 13.6. The van der Waals surface area contributed by atoms with Gasteiger partial charge in [-0.1, -0.05) is 49.9 Å². The van der Waals surface area contributed by atoms with Crippen LogP contribution in [0.4, 0.5) is 0 Å². The lowest BCUT2D eigenvalue weighted by molar-refractivity contribution is 0.414. The van der Waals surface area contributed by atoms with Gasteiger partial charge in [0.15, 0.2) is 0 Å². The van der Waals surface area contributed by atoms with Crippen LogP contribution in [0.1, 0.15) is 62.6 Å². The van der Waals surface area contributed by atoms with Crippen LogP contribution in [-0.2, 0) is 6.54 Å². The third-order valence-corrected chi connectivity index (χ3v) is 4.06. The molecule has 1 fully saturated rings. The van der Waals surface area contributed by atoms with E-state index in [-0.39, 0.29) is 0 Å². The Hall–Kier alpha value is -0.860. The van der Waals surface area contributed by atoms with Crippen molar-refractivity contribution in [3.63, 3.8) is 0 Å². The molecule has 0 spiro atoms. The topological polar surface area (TPSA) is 38.0 Å². The Balaban J connectivity index is 1.90. The lowest BCUT2D eigenvalue weighted by Crippen LogP contribution is -2.31. The van der Waals surface area contributed by atoms with Crippen molar-refractivity contribution in [1.82, 2.24) is 5.32 Å². The quantitative estimate of drug-likeness (QED) is 0.798. The Morgan fingerprint density at radius 2 is 1.72 bits per heavy atom. The summed E-state index contributed by atoms with van der Waals surface area (Å²) in [6, 6.07) is 9.84. The lowest BCUT2D eigenvalue weighted by atomic mass is 10.0. The molecule has 18 heavy (non-hydrogen) atoms. The summed E-state index contributed by atoms with van der Waals surface area (Å²) in [5.74, 6) is 0. The zero-order valence-corrected chi connectivity index (χ0v) is 11.5. The van der Waals surface area contributed by atoms with Gasteiger partial charge in [0.1, 0.15) is 0 Å². The molecule has 100 valence electrons. The van der Waals surface area contributed by atoms with E-state index in [0.717, 1.165) is 0 Å². The van der Waals surface area contributed by atoms with Crippen molar-refractivity contribution in [1.29, 1.82) is 0 Å². The van der Waals surface area contributed by atoms with Crippen LogP contribution in [0.15, 0.2) is 24.3 Å². The van der Waals surface area contributed by atoms with Gasteiger partial charge in [0.05, 0.1) is 0 Å². The second kappa shape index (κ2) is 6.91. The summed E-state index contributed by atoms with van der Waals surface area (Å²) in [5, 5.41) is 3.78. The van der Waals surface area contributed by atoms with Gasteiger partial charge in [0, 0.05) is 18.6 Å². The monoisotopic (exact) mass is 246 g/mol. The van der Waals surface area contributed by atoms with E-state index in [9.17, 15) is 0 Å². The van der Waals surface area contributed by atoms with Crippen LogP contribution >= 0.6 is 0 Å². The van der Waals surface area contributed by atoms with E-state index in [2.05, 4.69) is 36.5 Å². The predicted molar refractivity (Wildman–Crippen MR) is 77.4 cm³/mol. The summed E-state index contributed by atoms with van der Waals surface area (Å²) in [6.45, 7) is 2.90. The summed E-state index contributed by atoms with van der Waals surface area (Å²) in [7, 11) is 0. The molecule has 1 aliphatic carbocycles. The third-order valence-electron chi connectivity index (χ3n) is 4.06. The van der Waals surface area contributed by atoms with E-state index in [4.69, 9.17) is 5.73 Å². The van der Waals surface area contributed by atoms with Gasteiger partial charge >= 0.3 is 0 Å². The highest BCUT2D eigenvalue weighted by Gasteiger charge is 2.15. The van der Waals surface area contributed by atoms with Gasteiger partial charge < -0.3 is 11.1 Å². The molecule has 1 aliphatic rings. The van der Waals surface area contributed by atoms with Gasteiger partial charge in [-0.3, -0.25) is 0 Å². The van der Waals surface area contributed by atoms with Crippen LogP contribution in [-0.4, -0.2) is 6.04 Å². The Bertz CT molecular complexity index is 337. The van der Waals surface area contributed by atoms with E-state index >= 15 is 0 Å². The first-order chi connectivity index (χ1) is 8.79. The van der Waals surface area contributed by atoms with Crippen molar-refractivity contribution < 1.29 is 0 Å². The maximum atomic E-state index is 5.63. The van der Waals surface area contributed by atoms with Gasteiger partial charge in [-0.05, 0) is 30.9 Å². The van der Waals surface area contributed by atoms with Crippen molar-refractivity contribution in [2.45, 2.75) is 64.1 Å². The average molecular weight is 246 g/mol. The fourth-order valence-electron chi connectivity index (χ4n) is 2.84. The number of nitrogens with one attached hydrogen (secondary N) is 1. The molecule has 0 aliphatic heterocycles. The first-order valence-corrected chi connectivity index (χ1v) is 7.34. The van der Waals surface area contributed by atoms with Gasteiger partial charge in [-0.15, -0.1) is 0 Å². The smallest absolute Gasteiger partial charge is 0.0294 e. The highest BCUT2D eigenvalue weighted by atomic mass is 14.9. The number of rotatable bonds is 4. The van der Waals surface area contributed by atoms with Crippen molar-refractivity contribution >= 4 is 0 Å². The molecule has 3 N–H and O–H groups in total. The highest BCUT2D eigenvalue weighted by Crippen LogP contribution is 2.21. The van der Waals surface area contributed by atoms with E-state index in [1.54, 1.807) is 0 Å². The van der Waals surface area contributed by atoms with Crippen LogP contribution in [0.5, 0.6) is 0 Å². The largest absolute Gasteiger partial charge is 0.326 e. The number of hydrogen-bond acceptors (Lipinski definition) is 2. The molecular weight excluding hydrogens is 220 g/mol. The Labute approximate surface area is 111 Å². The Morgan fingerprint density at radius 1 is 1.11 bits per heavy atom. The summed E-state index contributed by atoms with van der Waals surface area (Å²) in [5.41, 5.74) is 8.21. The van der Waals surface area contributed by atoms with E-state index in [1.807, 2.05) is 0 Å². The first-order valence-electron chi connectivity index (χ1n) is 7.34. The molecule has 0 heterocycles. The molecule has 2 nitrogen and oxygen atoms in total. The maximum absolute atomic E-state index is 5.63. The standard InChI is InChI=1S/C16H26N2/c1-13(15-10-8-14(12-17)9-11-15)18-16-6-4-2-3-5-7-16/h8-11,13,16,18H,2-7,12,17H2,1H3. The van der Waals surface area contributed by atoms with E-state index in [1.165, 1.54) is 49.7 Å². The van der Waals surface area contributed by atoms with Crippen molar-refractivity contribution in [3.05, 3.63) is 35.4 Å². The number of benzene rings is 1. The summed E-state index contributed by atoms with van der Waals surface area (Å²) in [6.07, 6.45) is 8.28. The van der Waals surface area contributed by atoms with Crippen LogP contribution in [0, 0.1) is 0 Å². The van der Waals surface area contributed by atoms with Crippen LogP contribution in [0.25, 0.3) is 0 Å². The van der Waals surface area contributed by atoms with Crippen molar-refractivity contribution in [3.8, 4) is 0 Å². The third kappa shape index (κ3) is 3.82. The van der Waals surface area contributed by atoms with E-state index < -0.39 is 0 Å². The highest BCUT2D eigenvalue weighted by molar-refractivity contribution is 5.24. The molecule has 1 saturated carbocycles. The molecular formula is C16H26N2. The molecule has 2 heteroatoms. The zero-order chi connectivity index (χ0) is 12.8. The minimum atomic E-state index is 0.444. The van der Waals surface area contributed by atoms with Crippen molar-refractivity contribution in [2.75, 3.05) is 0 Å². The summed E-state index contributed by atoms with van der Waals surface area (Å²) in [4.78, 5) is 0. The van der Waals surface area contributed by atoms with Crippen LogP contribution in [0.3, 0.4) is 0 Å².